The number of hydrogen-bond donors (Lipinski definition) is 2. The number of amides is 3. The van der Waals surface area contributed by atoms with Crippen molar-refractivity contribution in [2.24, 2.45) is 5.92 Å². The van der Waals surface area contributed by atoms with Crippen molar-refractivity contribution in [3.63, 3.8) is 0 Å². The summed E-state index contributed by atoms with van der Waals surface area (Å²) in [5.74, 6) is 1.98. The van der Waals surface area contributed by atoms with E-state index < -0.39 is 29.7 Å². The molecule has 0 aliphatic rings. The first-order chi connectivity index (χ1) is 19.4. The zero-order chi connectivity index (χ0) is 30.2. The molecule has 0 fully saturated rings. The number of rotatable bonds is 10. The Bertz CT molecular complexity index is 1420. The average Bonchev–Trinajstić information content (AvgIpc) is 2.91. The van der Waals surface area contributed by atoms with Gasteiger partial charge in [0.2, 0.25) is 5.91 Å². The molecule has 2 atom stereocenters. The fourth-order valence-corrected chi connectivity index (χ4v) is 4.75. The third-order valence-electron chi connectivity index (χ3n) is 6.43. The third-order valence-corrected chi connectivity index (χ3v) is 6.43. The Morgan fingerprint density at radius 2 is 1.63 bits per heavy atom. The molecular weight excluding hydrogens is 514 g/mol. The second-order valence-corrected chi connectivity index (χ2v) is 11.5. The number of anilines is 1. The van der Waals surface area contributed by atoms with Crippen LogP contribution in [0.25, 0.3) is 10.8 Å². The SMILES string of the molecule is C#Cc1ccccc1C(C(=O)Nc1ccc2ccccc2c1)N(CCC)C(=O)C(CC(C)C)NC(=O)OC(C)(C)C. The van der Waals surface area contributed by atoms with E-state index in [-0.39, 0.29) is 18.4 Å². The van der Waals surface area contributed by atoms with Gasteiger partial charge < -0.3 is 20.3 Å². The Morgan fingerprint density at radius 1 is 0.976 bits per heavy atom. The van der Waals surface area contributed by atoms with Crippen LogP contribution in [0, 0.1) is 18.3 Å². The summed E-state index contributed by atoms with van der Waals surface area (Å²) in [7, 11) is 0. The molecule has 0 saturated heterocycles. The molecule has 0 spiro atoms. The van der Waals surface area contributed by atoms with Crippen molar-refractivity contribution in [2.45, 2.75) is 72.1 Å². The van der Waals surface area contributed by atoms with Crippen LogP contribution in [-0.2, 0) is 14.3 Å². The lowest BCUT2D eigenvalue weighted by Crippen LogP contribution is -2.53. The molecule has 3 aromatic rings. The molecule has 41 heavy (non-hydrogen) atoms. The molecule has 0 bridgehead atoms. The van der Waals surface area contributed by atoms with E-state index in [1.54, 1.807) is 45.0 Å². The van der Waals surface area contributed by atoms with E-state index in [2.05, 4.69) is 16.6 Å². The summed E-state index contributed by atoms with van der Waals surface area (Å²) >= 11 is 0. The lowest BCUT2D eigenvalue weighted by atomic mass is 9.96. The van der Waals surface area contributed by atoms with Gasteiger partial charge in [-0.15, -0.1) is 6.42 Å². The number of carbonyl (C=O) groups excluding carboxylic acids is 3. The standard InChI is InChI=1S/C34H41N3O4/c1-8-20-37(32(39)29(21-23(3)4)36-33(40)41-34(5,6)7)30(28-17-13-12-14-24(28)9-2)31(38)35-27-19-18-25-15-10-11-16-26(25)22-27/h2,10-19,22-23,29-30H,8,20-21H2,1,3-7H3,(H,35,38)(H,36,40). The lowest BCUT2D eigenvalue weighted by Gasteiger charge is -2.35. The zero-order valence-corrected chi connectivity index (χ0v) is 24.9. The number of ether oxygens (including phenoxy) is 1. The number of carbonyl (C=O) groups is 3. The quantitative estimate of drug-likeness (QED) is 0.273. The van der Waals surface area contributed by atoms with Crippen molar-refractivity contribution in [2.75, 3.05) is 11.9 Å². The van der Waals surface area contributed by atoms with Crippen LogP contribution in [0.1, 0.15) is 71.6 Å². The summed E-state index contributed by atoms with van der Waals surface area (Å²) in [6.45, 7) is 11.4. The first-order valence-electron chi connectivity index (χ1n) is 14.1. The van der Waals surface area contributed by atoms with Crippen LogP contribution in [0.2, 0.25) is 0 Å². The number of nitrogens with one attached hydrogen (secondary N) is 2. The summed E-state index contributed by atoms with van der Waals surface area (Å²) in [6.07, 6.45) is 6.12. The lowest BCUT2D eigenvalue weighted by molar-refractivity contribution is -0.141. The largest absolute Gasteiger partial charge is 0.444 e. The Morgan fingerprint density at radius 3 is 2.27 bits per heavy atom. The molecule has 2 N–H and O–H groups in total. The molecule has 3 rings (SSSR count). The highest BCUT2D eigenvalue weighted by atomic mass is 16.6. The zero-order valence-electron chi connectivity index (χ0n) is 24.9. The van der Waals surface area contributed by atoms with E-state index in [1.165, 1.54) is 4.90 Å². The molecule has 0 saturated carbocycles. The van der Waals surface area contributed by atoms with Gasteiger partial charge in [-0.3, -0.25) is 9.59 Å². The van der Waals surface area contributed by atoms with Crippen LogP contribution in [0.4, 0.5) is 10.5 Å². The van der Waals surface area contributed by atoms with Crippen molar-refractivity contribution in [3.8, 4) is 12.3 Å². The number of alkyl carbamates (subject to hydrolysis) is 1. The normalized spacial score (nSPS) is 12.7. The van der Waals surface area contributed by atoms with Crippen molar-refractivity contribution in [3.05, 3.63) is 77.9 Å². The van der Waals surface area contributed by atoms with Crippen molar-refractivity contribution < 1.29 is 19.1 Å². The summed E-state index contributed by atoms with van der Waals surface area (Å²) in [4.78, 5) is 42.6. The number of benzene rings is 3. The minimum absolute atomic E-state index is 0.0882. The average molecular weight is 556 g/mol. The second kappa shape index (κ2) is 13.8. The molecule has 0 heterocycles. The molecule has 7 heteroatoms. The van der Waals surface area contributed by atoms with Gasteiger partial charge in [0.05, 0.1) is 0 Å². The number of hydrogen-bond acceptors (Lipinski definition) is 4. The molecule has 0 aromatic heterocycles. The van der Waals surface area contributed by atoms with Gasteiger partial charge in [-0.25, -0.2) is 4.79 Å². The summed E-state index contributed by atoms with van der Waals surface area (Å²) < 4.78 is 5.46. The maximum absolute atomic E-state index is 14.2. The molecule has 0 aliphatic carbocycles. The van der Waals surface area contributed by atoms with Gasteiger partial charge in [-0.1, -0.05) is 75.2 Å². The predicted molar refractivity (Wildman–Crippen MR) is 164 cm³/mol. The van der Waals surface area contributed by atoms with Crippen molar-refractivity contribution >= 4 is 34.4 Å². The van der Waals surface area contributed by atoms with Gasteiger partial charge >= 0.3 is 6.09 Å². The molecule has 0 radical (unpaired) electrons. The molecule has 3 amide bonds. The van der Waals surface area contributed by atoms with E-state index >= 15 is 0 Å². The highest BCUT2D eigenvalue weighted by molar-refractivity contribution is 6.00. The maximum atomic E-state index is 14.2. The van der Waals surface area contributed by atoms with Crippen LogP contribution in [0.15, 0.2) is 66.7 Å². The number of terminal acetylenes is 1. The first-order valence-corrected chi connectivity index (χ1v) is 14.1. The molecule has 3 aromatic carbocycles. The Balaban J connectivity index is 2.05. The van der Waals surface area contributed by atoms with Gasteiger partial charge in [-0.05, 0) is 74.1 Å². The van der Waals surface area contributed by atoms with Crippen molar-refractivity contribution in [1.29, 1.82) is 0 Å². The van der Waals surface area contributed by atoms with Crippen LogP contribution in [-0.4, -0.2) is 41.0 Å². The summed E-state index contributed by atoms with van der Waals surface area (Å²) in [5, 5.41) is 7.80. The smallest absolute Gasteiger partial charge is 0.408 e. The summed E-state index contributed by atoms with van der Waals surface area (Å²) in [6, 6.07) is 18.7. The van der Waals surface area contributed by atoms with Crippen LogP contribution in [0.5, 0.6) is 0 Å². The molecule has 7 nitrogen and oxygen atoms in total. The van der Waals surface area contributed by atoms with E-state index in [4.69, 9.17) is 11.2 Å². The predicted octanol–water partition coefficient (Wildman–Crippen LogP) is 6.68. The van der Waals surface area contributed by atoms with Crippen LogP contribution >= 0.6 is 0 Å². The molecular formula is C34H41N3O4. The van der Waals surface area contributed by atoms with Crippen molar-refractivity contribution in [1.82, 2.24) is 10.2 Å². The third kappa shape index (κ3) is 8.59. The molecule has 216 valence electrons. The summed E-state index contributed by atoms with van der Waals surface area (Å²) in [5.41, 5.74) is 0.926. The monoisotopic (exact) mass is 555 g/mol. The minimum Gasteiger partial charge on any atom is -0.444 e. The Kier molecular flexibility index (Phi) is 10.5. The minimum atomic E-state index is -1.03. The fourth-order valence-electron chi connectivity index (χ4n) is 4.75. The topological polar surface area (TPSA) is 87.7 Å². The van der Waals surface area contributed by atoms with Gasteiger partial charge in [0, 0.05) is 17.8 Å². The fraction of sp³-hybridized carbons (Fsp3) is 0.382. The van der Waals surface area contributed by atoms with E-state index in [0.717, 1.165) is 10.8 Å². The van der Waals surface area contributed by atoms with E-state index in [0.29, 0.717) is 29.7 Å². The van der Waals surface area contributed by atoms with E-state index in [1.807, 2.05) is 63.2 Å². The van der Waals surface area contributed by atoms with Gasteiger partial charge in [0.15, 0.2) is 0 Å². The number of fused-ring (bicyclic) bond motifs is 1. The number of nitrogens with zero attached hydrogens (tertiary/aromatic N) is 1. The van der Waals surface area contributed by atoms with Gasteiger partial charge in [0.25, 0.3) is 5.91 Å². The van der Waals surface area contributed by atoms with Crippen LogP contribution < -0.4 is 10.6 Å². The molecule has 2 unspecified atom stereocenters. The second-order valence-electron chi connectivity index (χ2n) is 11.5. The first kappa shape index (κ1) is 31.2. The Hall–Kier alpha value is -4.31. The molecule has 0 aliphatic heterocycles. The highest BCUT2D eigenvalue weighted by Gasteiger charge is 2.37. The van der Waals surface area contributed by atoms with Gasteiger partial charge in [0.1, 0.15) is 17.7 Å². The maximum Gasteiger partial charge on any atom is 0.408 e. The van der Waals surface area contributed by atoms with Gasteiger partial charge in [-0.2, -0.15) is 0 Å². The highest BCUT2D eigenvalue weighted by Crippen LogP contribution is 2.29. The Labute approximate surface area is 243 Å². The van der Waals surface area contributed by atoms with Crippen LogP contribution in [0.3, 0.4) is 0 Å². The van der Waals surface area contributed by atoms with E-state index in [9.17, 15) is 14.4 Å².